The Morgan fingerprint density at radius 2 is 1.82 bits per heavy atom. The number of aldehydes is 1. The molecule has 1 fully saturated rings. The van der Waals surface area contributed by atoms with Gasteiger partial charge >= 0.3 is 6.09 Å². The van der Waals surface area contributed by atoms with Gasteiger partial charge in [-0.3, -0.25) is 0 Å². The van der Waals surface area contributed by atoms with Crippen LogP contribution in [-0.4, -0.2) is 18.0 Å². The molecule has 4 heteroatoms. The number of carbonyl (C=O) groups excluding carboxylic acids is 2. The van der Waals surface area contributed by atoms with Gasteiger partial charge in [0.05, 0.1) is 0 Å². The third-order valence-corrected chi connectivity index (χ3v) is 3.55. The number of nitrogens with two attached hydrogens (primary N) is 1. The molecular formula is C13H23NO3. The molecule has 0 radical (unpaired) electrons. The molecule has 0 aromatic carbocycles. The van der Waals surface area contributed by atoms with Gasteiger partial charge in [-0.25, -0.2) is 4.79 Å². The lowest BCUT2D eigenvalue weighted by Gasteiger charge is -2.33. The molecule has 2 N–H and O–H groups in total. The maximum atomic E-state index is 10.8. The normalized spacial score (nSPS) is 25.3. The van der Waals surface area contributed by atoms with Gasteiger partial charge in [0.15, 0.2) is 0 Å². The van der Waals surface area contributed by atoms with E-state index in [1.54, 1.807) is 0 Å². The zero-order chi connectivity index (χ0) is 12.9. The van der Waals surface area contributed by atoms with Crippen LogP contribution in [0.5, 0.6) is 0 Å². The van der Waals surface area contributed by atoms with E-state index in [2.05, 4.69) is 0 Å². The number of primary amides is 1. The Kier molecular flexibility index (Phi) is 4.97. The second-order valence-electron chi connectivity index (χ2n) is 5.67. The van der Waals surface area contributed by atoms with Crippen LogP contribution in [0.1, 0.15) is 52.4 Å². The summed E-state index contributed by atoms with van der Waals surface area (Å²) in [5.74, 6) is 1.14. The van der Waals surface area contributed by atoms with Crippen LogP contribution in [-0.2, 0) is 9.53 Å². The Bertz CT molecular complexity index is 268. The second kappa shape index (κ2) is 6.03. The fraction of sp³-hybridized carbons (Fsp3) is 0.846. The highest BCUT2D eigenvalue weighted by Gasteiger charge is 2.29. The monoisotopic (exact) mass is 241 g/mol. The first-order chi connectivity index (χ1) is 7.93. The van der Waals surface area contributed by atoms with Gasteiger partial charge in [0, 0.05) is 6.42 Å². The van der Waals surface area contributed by atoms with Crippen molar-refractivity contribution in [3.63, 3.8) is 0 Å². The van der Waals surface area contributed by atoms with Crippen LogP contribution in [0.4, 0.5) is 4.79 Å². The first-order valence-corrected chi connectivity index (χ1v) is 6.35. The minimum Gasteiger partial charge on any atom is -0.444 e. The fourth-order valence-electron chi connectivity index (χ4n) is 2.82. The topological polar surface area (TPSA) is 69.4 Å². The van der Waals surface area contributed by atoms with Gasteiger partial charge in [-0.15, -0.1) is 0 Å². The van der Waals surface area contributed by atoms with Crippen molar-refractivity contribution in [3.05, 3.63) is 0 Å². The molecule has 1 aliphatic carbocycles. The van der Waals surface area contributed by atoms with Gasteiger partial charge in [-0.2, -0.15) is 0 Å². The van der Waals surface area contributed by atoms with E-state index in [0.29, 0.717) is 18.3 Å². The van der Waals surface area contributed by atoms with E-state index in [9.17, 15) is 9.59 Å². The van der Waals surface area contributed by atoms with Crippen molar-refractivity contribution in [2.24, 2.45) is 17.6 Å². The minimum absolute atomic E-state index is 0.478. The maximum absolute atomic E-state index is 10.8. The van der Waals surface area contributed by atoms with E-state index >= 15 is 0 Å². The molecule has 0 aliphatic heterocycles. The molecule has 0 saturated heterocycles. The Balaban J connectivity index is 2.34. The van der Waals surface area contributed by atoms with Crippen molar-refractivity contribution in [2.45, 2.75) is 58.0 Å². The van der Waals surface area contributed by atoms with E-state index in [4.69, 9.17) is 10.5 Å². The molecule has 0 bridgehead atoms. The van der Waals surface area contributed by atoms with Crippen molar-refractivity contribution in [2.75, 3.05) is 0 Å². The highest BCUT2D eigenvalue weighted by molar-refractivity contribution is 5.65. The highest BCUT2D eigenvalue weighted by atomic mass is 16.6. The first kappa shape index (κ1) is 14.0. The van der Waals surface area contributed by atoms with Crippen LogP contribution in [0.2, 0.25) is 0 Å². The van der Waals surface area contributed by atoms with Crippen LogP contribution in [0.3, 0.4) is 0 Å². The van der Waals surface area contributed by atoms with Crippen molar-refractivity contribution >= 4 is 12.4 Å². The van der Waals surface area contributed by atoms with Crippen LogP contribution in [0.25, 0.3) is 0 Å². The van der Waals surface area contributed by atoms with E-state index in [1.165, 1.54) is 0 Å². The Morgan fingerprint density at radius 3 is 2.29 bits per heavy atom. The molecule has 1 aliphatic rings. The van der Waals surface area contributed by atoms with Crippen LogP contribution in [0, 0.1) is 11.8 Å². The van der Waals surface area contributed by atoms with E-state index < -0.39 is 11.7 Å². The predicted octanol–water partition coefficient (Wildman–Crippen LogP) is 2.65. The van der Waals surface area contributed by atoms with Gasteiger partial charge in [0.25, 0.3) is 0 Å². The predicted molar refractivity (Wildman–Crippen MR) is 65.5 cm³/mol. The average Bonchev–Trinajstić information content (AvgIpc) is 2.18. The molecule has 1 amide bonds. The molecule has 0 unspecified atom stereocenters. The largest absolute Gasteiger partial charge is 0.444 e. The number of hydrogen-bond donors (Lipinski definition) is 1. The standard InChI is InChI=1S/C13H23NO3/c1-13(2,17-12(14)16)9-11-5-3-10(4-6-11)7-8-15/h8,10-11H,3-7,9H2,1-2H3,(H2,14,16). The zero-order valence-corrected chi connectivity index (χ0v) is 10.8. The quantitative estimate of drug-likeness (QED) is 0.752. The molecule has 0 atom stereocenters. The summed E-state index contributed by atoms with van der Waals surface area (Å²) in [6.45, 7) is 3.80. The number of ether oxygens (including phenoxy) is 1. The minimum atomic E-state index is -0.704. The molecule has 98 valence electrons. The van der Waals surface area contributed by atoms with E-state index in [-0.39, 0.29) is 0 Å². The lowest BCUT2D eigenvalue weighted by atomic mass is 9.77. The summed E-state index contributed by atoms with van der Waals surface area (Å²) in [5, 5.41) is 0. The lowest BCUT2D eigenvalue weighted by molar-refractivity contribution is -0.108. The number of amides is 1. The maximum Gasteiger partial charge on any atom is 0.405 e. The summed E-state index contributed by atoms with van der Waals surface area (Å²) in [5.41, 5.74) is 4.57. The molecule has 4 nitrogen and oxygen atoms in total. The third kappa shape index (κ3) is 5.20. The molecule has 0 spiro atoms. The summed E-state index contributed by atoms with van der Waals surface area (Å²) in [4.78, 5) is 21.2. The lowest BCUT2D eigenvalue weighted by Crippen LogP contribution is -2.34. The number of rotatable bonds is 5. The van der Waals surface area contributed by atoms with Gasteiger partial charge < -0.3 is 15.3 Å². The molecule has 0 aromatic rings. The molecule has 0 aromatic heterocycles. The van der Waals surface area contributed by atoms with E-state index in [0.717, 1.165) is 38.4 Å². The summed E-state index contributed by atoms with van der Waals surface area (Å²) in [7, 11) is 0. The summed E-state index contributed by atoms with van der Waals surface area (Å²) < 4.78 is 5.10. The molecule has 0 heterocycles. The molecule has 1 saturated carbocycles. The van der Waals surface area contributed by atoms with Crippen molar-refractivity contribution in [1.82, 2.24) is 0 Å². The van der Waals surface area contributed by atoms with Gasteiger partial charge in [0.2, 0.25) is 0 Å². The van der Waals surface area contributed by atoms with Gasteiger partial charge in [-0.1, -0.05) is 12.8 Å². The van der Waals surface area contributed by atoms with Gasteiger partial charge in [0.1, 0.15) is 11.9 Å². The average molecular weight is 241 g/mol. The van der Waals surface area contributed by atoms with Crippen LogP contribution in [0.15, 0.2) is 0 Å². The van der Waals surface area contributed by atoms with Crippen LogP contribution >= 0.6 is 0 Å². The smallest absolute Gasteiger partial charge is 0.405 e. The third-order valence-electron chi connectivity index (χ3n) is 3.55. The van der Waals surface area contributed by atoms with Crippen molar-refractivity contribution < 1.29 is 14.3 Å². The fourth-order valence-corrected chi connectivity index (χ4v) is 2.82. The summed E-state index contributed by atoms with van der Waals surface area (Å²) in [6.07, 6.45) is 6.30. The molecule has 17 heavy (non-hydrogen) atoms. The molecule has 1 rings (SSSR count). The Labute approximate surface area is 103 Å². The van der Waals surface area contributed by atoms with Crippen molar-refractivity contribution in [1.29, 1.82) is 0 Å². The Morgan fingerprint density at radius 1 is 1.29 bits per heavy atom. The van der Waals surface area contributed by atoms with Gasteiger partial charge in [-0.05, 0) is 44.9 Å². The summed E-state index contributed by atoms with van der Waals surface area (Å²) >= 11 is 0. The Hall–Kier alpha value is -1.06. The SMILES string of the molecule is CC(C)(CC1CCC(CC=O)CC1)OC(N)=O. The van der Waals surface area contributed by atoms with E-state index in [1.807, 2.05) is 13.8 Å². The second-order valence-corrected chi connectivity index (χ2v) is 5.67. The number of hydrogen-bond acceptors (Lipinski definition) is 3. The number of carbonyl (C=O) groups is 2. The zero-order valence-electron chi connectivity index (χ0n) is 10.8. The van der Waals surface area contributed by atoms with Crippen molar-refractivity contribution in [3.8, 4) is 0 Å². The first-order valence-electron chi connectivity index (χ1n) is 6.35. The van der Waals surface area contributed by atoms with Crippen LogP contribution < -0.4 is 5.73 Å². The summed E-state index contributed by atoms with van der Waals surface area (Å²) in [6, 6.07) is 0. The highest BCUT2D eigenvalue weighted by Crippen LogP contribution is 2.35. The molecular weight excluding hydrogens is 218 g/mol.